The number of fused-ring (bicyclic) bond motifs is 1. The summed E-state index contributed by atoms with van der Waals surface area (Å²) in [5.41, 5.74) is 2.82. The van der Waals surface area contributed by atoms with Gasteiger partial charge in [-0.3, -0.25) is 9.58 Å². The molecular weight excluding hydrogens is 202 g/mol. The average molecular weight is 223 g/mol. The quantitative estimate of drug-likeness (QED) is 0.780. The maximum atomic E-state index is 5.05. The molecule has 1 aromatic heterocycles. The highest BCUT2D eigenvalue weighted by Crippen LogP contribution is 2.27. The Morgan fingerprint density at radius 1 is 1.38 bits per heavy atom. The number of ether oxygens (including phenoxy) is 1. The van der Waals surface area contributed by atoms with Gasteiger partial charge in [0.1, 0.15) is 0 Å². The lowest BCUT2D eigenvalue weighted by Crippen LogP contribution is -2.37. The molecule has 1 aromatic rings. The van der Waals surface area contributed by atoms with Gasteiger partial charge in [-0.2, -0.15) is 5.10 Å². The molecule has 0 saturated heterocycles. The summed E-state index contributed by atoms with van der Waals surface area (Å²) in [7, 11) is 1.72. The topological polar surface area (TPSA) is 30.3 Å². The van der Waals surface area contributed by atoms with Crippen LogP contribution in [0.4, 0.5) is 0 Å². The molecule has 16 heavy (non-hydrogen) atoms. The third-order valence-electron chi connectivity index (χ3n) is 3.10. The van der Waals surface area contributed by atoms with E-state index in [-0.39, 0.29) is 5.54 Å². The van der Waals surface area contributed by atoms with Crippen LogP contribution in [0.1, 0.15) is 32.0 Å². The maximum absolute atomic E-state index is 5.05. The van der Waals surface area contributed by atoms with E-state index in [0.29, 0.717) is 0 Å². The normalized spacial score (nSPS) is 16.8. The molecular formula is C12H21N3O. The Morgan fingerprint density at radius 2 is 2.12 bits per heavy atom. The zero-order valence-electron chi connectivity index (χ0n) is 10.7. The zero-order chi connectivity index (χ0) is 11.8. The van der Waals surface area contributed by atoms with Crippen molar-refractivity contribution in [2.24, 2.45) is 0 Å². The third kappa shape index (κ3) is 2.28. The van der Waals surface area contributed by atoms with Crippen LogP contribution in [0.3, 0.4) is 0 Å². The fraction of sp³-hybridized carbons (Fsp3) is 0.750. The number of hydrogen-bond acceptors (Lipinski definition) is 3. The molecule has 0 radical (unpaired) electrons. The Labute approximate surface area is 97.2 Å². The van der Waals surface area contributed by atoms with Crippen LogP contribution in [0.2, 0.25) is 0 Å². The number of methoxy groups -OCH3 is 1. The molecule has 90 valence electrons. The molecule has 0 bridgehead atoms. The second-order valence-corrected chi connectivity index (χ2v) is 5.38. The first-order valence-corrected chi connectivity index (χ1v) is 5.80. The fourth-order valence-corrected chi connectivity index (χ4v) is 1.98. The predicted molar refractivity (Wildman–Crippen MR) is 63.1 cm³/mol. The molecule has 0 saturated carbocycles. The summed E-state index contributed by atoms with van der Waals surface area (Å²) in [4.78, 5) is 2.45. The third-order valence-corrected chi connectivity index (χ3v) is 3.10. The summed E-state index contributed by atoms with van der Waals surface area (Å²) in [6.07, 6.45) is 2.15. The zero-order valence-corrected chi connectivity index (χ0v) is 10.7. The van der Waals surface area contributed by atoms with Crippen molar-refractivity contribution in [2.45, 2.75) is 45.9 Å². The van der Waals surface area contributed by atoms with E-state index in [9.17, 15) is 0 Å². The van der Waals surface area contributed by atoms with Crippen LogP contribution in [0.5, 0.6) is 0 Å². The summed E-state index contributed by atoms with van der Waals surface area (Å²) in [6, 6.07) is 0. The van der Waals surface area contributed by atoms with Gasteiger partial charge >= 0.3 is 0 Å². The van der Waals surface area contributed by atoms with Crippen molar-refractivity contribution in [3.63, 3.8) is 0 Å². The van der Waals surface area contributed by atoms with Crippen molar-refractivity contribution in [3.8, 4) is 0 Å². The number of aromatic nitrogens is 2. The van der Waals surface area contributed by atoms with Gasteiger partial charge in [0.25, 0.3) is 0 Å². The highest BCUT2D eigenvalue weighted by Gasteiger charge is 2.30. The Balaban J connectivity index is 2.02. The van der Waals surface area contributed by atoms with Gasteiger partial charge in [-0.1, -0.05) is 0 Å². The monoisotopic (exact) mass is 223 g/mol. The van der Waals surface area contributed by atoms with Crippen molar-refractivity contribution in [1.82, 2.24) is 14.7 Å². The summed E-state index contributed by atoms with van der Waals surface area (Å²) in [5.74, 6) is 0. The molecule has 0 atom stereocenters. The van der Waals surface area contributed by atoms with Crippen molar-refractivity contribution in [1.29, 1.82) is 0 Å². The van der Waals surface area contributed by atoms with E-state index in [1.807, 2.05) is 4.68 Å². The smallest absolute Gasteiger partial charge is 0.0810 e. The first-order valence-electron chi connectivity index (χ1n) is 5.80. The summed E-state index contributed by atoms with van der Waals surface area (Å²) in [6.45, 7) is 10.3. The van der Waals surface area contributed by atoms with Crippen molar-refractivity contribution in [2.75, 3.05) is 13.7 Å². The van der Waals surface area contributed by atoms with Crippen molar-refractivity contribution in [3.05, 3.63) is 17.5 Å². The van der Waals surface area contributed by atoms with Crippen molar-refractivity contribution >= 4 is 0 Å². The Morgan fingerprint density at radius 3 is 2.69 bits per heavy atom. The molecule has 4 nitrogen and oxygen atoms in total. The Hall–Kier alpha value is -0.870. The Kier molecular flexibility index (Phi) is 3.04. The van der Waals surface area contributed by atoms with Gasteiger partial charge in [-0.05, 0) is 20.8 Å². The molecule has 1 aliphatic rings. The fourth-order valence-electron chi connectivity index (χ4n) is 1.98. The lowest BCUT2D eigenvalue weighted by molar-refractivity contribution is 0.133. The average Bonchev–Trinajstić information content (AvgIpc) is 2.69. The van der Waals surface area contributed by atoms with Gasteiger partial charge in [-0.15, -0.1) is 0 Å². The van der Waals surface area contributed by atoms with Gasteiger partial charge in [0.15, 0.2) is 0 Å². The van der Waals surface area contributed by atoms with E-state index < -0.39 is 0 Å². The van der Waals surface area contributed by atoms with Gasteiger partial charge in [0.05, 0.1) is 18.8 Å². The molecule has 4 heteroatoms. The van der Waals surface area contributed by atoms with E-state index in [4.69, 9.17) is 4.74 Å². The van der Waals surface area contributed by atoms with Gasteiger partial charge in [0.2, 0.25) is 0 Å². The van der Waals surface area contributed by atoms with E-state index in [2.05, 4.69) is 37.0 Å². The minimum absolute atomic E-state index is 0.227. The van der Waals surface area contributed by atoms with Gasteiger partial charge < -0.3 is 4.74 Å². The SMILES string of the molecule is COCCn1cc2c(n1)CN(C(C)(C)C)C2. The summed E-state index contributed by atoms with van der Waals surface area (Å²) >= 11 is 0. The van der Waals surface area contributed by atoms with Crippen LogP contribution in [-0.2, 0) is 24.4 Å². The second-order valence-electron chi connectivity index (χ2n) is 5.38. The predicted octanol–water partition coefficient (Wildman–Crippen LogP) is 1.64. The minimum Gasteiger partial charge on any atom is -0.383 e. The van der Waals surface area contributed by atoms with Crippen LogP contribution < -0.4 is 0 Å². The van der Waals surface area contributed by atoms with E-state index >= 15 is 0 Å². The molecule has 2 rings (SSSR count). The van der Waals surface area contributed by atoms with E-state index in [1.54, 1.807) is 7.11 Å². The molecule has 0 fully saturated rings. The lowest BCUT2D eigenvalue weighted by atomic mass is 10.1. The first-order chi connectivity index (χ1) is 7.50. The van der Waals surface area contributed by atoms with Gasteiger partial charge in [-0.25, -0.2) is 0 Å². The van der Waals surface area contributed by atoms with Crippen LogP contribution in [0.15, 0.2) is 6.20 Å². The Bertz CT molecular complexity index is 341. The largest absolute Gasteiger partial charge is 0.383 e. The van der Waals surface area contributed by atoms with Crippen LogP contribution in [0, 0.1) is 0 Å². The minimum atomic E-state index is 0.227. The molecule has 2 heterocycles. The molecule has 0 aromatic carbocycles. The lowest BCUT2D eigenvalue weighted by Gasteiger charge is -2.31. The molecule has 0 unspecified atom stereocenters. The van der Waals surface area contributed by atoms with E-state index in [1.165, 1.54) is 11.3 Å². The highest BCUT2D eigenvalue weighted by molar-refractivity contribution is 5.22. The maximum Gasteiger partial charge on any atom is 0.0810 e. The van der Waals surface area contributed by atoms with E-state index in [0.717, 1.165) is 26.2 Å². The molecule has 0 aliphatic carbocycles. The summed E-state index contributed by atoms with van der Waals surface area (Å²) in [5, 5.41) is 4.59. The van der Waals surface area contributed by atoms with Crippen molar-refractivity contribution < 1.29 is 4.74 Å². The molecule has 0 amide bonds. The molecule has 0 spiro atoms. The number of hydrogen-bond donors (Lipinski definition) is 0. The molecule has 0 N–H and O–H groups in total. The van der Waals surface area contributed by atoms with Crippen LogP contribution >= 0.6 is 0 Å². The number of nitrogens with zero attached hydrogens (tertiary/aromatic N) is 3. The first kappa shape index (κ1) is 11.6. The second kappa shape index (κ2) is 4.18. The highest BCUT2D eigenvalue weighted by atomic mass is 16.5. The standard InChI is InChI=1S/C12H21N3O/c1-12(2,3)14-7-10-8-15(5-6-16-4)13-11(10)9-14/h8H,5-7,9H2,1-4H3. The van der Waals surface area contributed by atoms with Crippen LogP contribution in [-0.4, -0.2) is 33.9 Å². The van der Waals surface area contributed by atoms with Crippen LogP contribution in [0.25, 0.3) is 0 Å². The number of rotatable bonds is 3. The van der Waals surface area contributed by atoms with Gasteiger partial charge in [0, 0.05) is 37.5 Å². The summed E-state index contributed by atoms with van der Waals surface area (Å²) < 4.78 is 7.04. The molecule has 1 aliphatic heterocycles.